The average molecular weight is 229 g/mol. The van der Waals surface area contributed by atoms with Crippen molar-refractivity contribution in [2.24, 2.45) is 0 Å². The molecule has 0 amide bonds. The van der Waals surface area contributed by atoms with Crippen molar-refractivity contribution in [2.75, 3.05) is 13.1 Å². The fourth-order valence-electron chi connectivity index (χ4n) is 2.74. The first-order valence-electron chi connectivity index (χ1n) is 6.45. The molecular formula is C15H19NO. The molecule has 0 radical (unpaired) electrons. The van der Waals surface area contributed by atoms with Crippen LogP contribution in [0.15, 0.2) is 22.8 Å². The number of nitrogens with one attached hydrogen (secondary N) is 1. The van der Waals surface area contributed by atoms with E-state index in [1.807, 2.05) is 6.26 Å². The third kappa shape index (κ3) is 1.87. The third-order valence-electron chi connectivity index (χ3n) is 3.95. The van der Waals surface area contributed by atoms with Crippen molar-refractivity contribution in [3.63, 3.8) is 0 Å². The summed E-state index contributed by atoms with van der Waals surface area (Å²) < 4.78 is 5.84. The van der Waals surface area contributed by atoms with Gasteiger partial charge in [0, 0.05) is 16.7 Å². The van der Waals surface area contributed by atoms with Crippen LogP contribution in [-0.2, 0) is 0 Å². The number of fused-ring (bicyclic) bond motifs is 1. The van der Waals surface area contributed by atoms with E-state index in [2.05, 4.69) is 31.3 Å². The smallest absolute Gasteiger partial charge is 0.114 e. The van der Waals surface area contributed by atoms with Crippen LogP contribution in [0.3, 0.4) is 0 Å². The Morgan fingerprint density at radius 1 is 1.12 bits per heavy atom. The Balaban J connectivity index is 2.07. The van der Waals surface area contributed by atoms with E-state index in [0.29, 0.717) is 5.92 Å². The Bertz CT molecular complexity index is 535. The lowest BCUT2D eigenvalue weighted by Crippen LogP contribution is -2.26. The van der Waals surface area contributed by atoms with Crippen LogP contribution in [0.2, 0.25) is 0 Å². The molecule has 2 nitrogen and oxygen atoms in total. The standard InChI is InChI=1S/C15H19NO/c1-10-7-13-9-17-15(14(13)8-11(10)2)12-3-5-16-6-4-12/h7-9,12,16H,3-6H2,1-2H3. The molecule has 0 spiro atoms. The third-order valence-corrected chi connectivity index (χ3v) is 3.95. The second-order valence-electron chi connectivity index (χ2n) is 5.15. The summed E-state index contributed by atoms with van der Waals surface area (Å²) in [6, 6.07) is 4.52. The van der Waals surface area contributed by atoms with Crippen LogP contribution < -0.4 is 5.32 Å². The quantitative estimate of drug-likeness (QED) is 0.809. The van der Waals surface area contributed by atoms with Gasteiger partial charge in [-0.15, -0.1) is 0 Å². The van der Waals surface area contributed by atoms with Crippen molar-refractivity contribution in [3.8, 4) is 0 Å². The molecule has 2 heteroatoms. The highest BCUT2D eigenvalue weighted by Crippen LogP contribution is 2.34. The molecule has 2 heterocycles. The first-order valence-corrected chi connectivity index (χ1v) is 6.45. The van der Waals surface area contributed by atoms with E-state index < -0.39 is 0 Å². The van der Waals surface area contributed by atoms with E-state index in [9.17, 15) is 0 Å². The van der Waals surface area contributed by atoms with Gasteiger partial charge in [-0.05, 0) is 63.0 Å². The van der Waals surface area contributed by atoms with E-state index in [1.54, 1.807) is 0 Å². The molecule has 1 aliphatic heterocycles. The predicted octanol–water partition coefficient (Wildman–Crippen LogP) is 3.52. The second-order valence-corrected chi connectivity index (χ2v) is 5.15. The fraction of sp³-hybridized carbons (Fsp3) is 0.467. The summed E-state index contributed by atoms with van der Waals surface area (Å²) in [5.41, 5.74) is 2.70. The molecule has 0 atom stereocenters. The number of rotatable bonds is 1. The number of piperidine rings is 1. The van der Waals surface area contributed by atoms with Gasteiger partial charge in [0.15, 0.2) is 0 Å². The summed E-state index contributed by atoms with van der Waals surface area (Å²) in [7, 11) is 0. The van der Waals surface area contributed by atoms with E-state index in [4.69, 9.17) is 4.42 Å². The van der Waals surface area contributed by atoms with E-state index in [-0.39, 0.29) is 0 Å². The normalized spacial score (nSPS) is 17.8. The zero-order valence-electron chi connectivity index (χ0n) is 10.5. The Labute approximate surface area is 102 Å². The second kappa shape index (κ2) is 4.19. The molecule has 90 valence electrons. The van der Waals surface area contributed by atoms with Gasteiger partial charge in [0.2, 0.25) is 0 Å². The van der Waals surface area contributed by atoms with Crippen LogP contribution in [0.4, 0.5) is 0 Å². The summed E-state index contributed by atoms with van der Waals surface area (Å²) in [6.45, 7) is 6.55. The van der Waals surface area contributed by atoms with Crippen molar-refractivity contribution in [1.29, 1.82) is 0 Å². The highest BCUT2D eigenvalue weighted by atomic mass is 16.3. The molecule has 1 aromatic heterocycles. The maximum absolute atomic E-state index is 5.84. The van der Waals surface area contributed by atoms with Crippen LogP contribution in [0.25, 0.3) is 10.8 Å². The molecular weight excluding hydrogens is 210 g/mol. The number of hydrogen-bond donors (Lipinski definition) is 1. The van der Waals surface area contributed by atoms with E-state index >= 15 is 0 Å². The minimum absolute atomic E-state index is 0.593. The van der Waals surface area contributed by atoms with Gasteiger partial charge in [0.25, 0.3) is 0 Å². The van der Waals surface area contributed by atoms with Crippen LogP contribution in [0, 0.1) is 13.8 Å². The van der Waals surface area contributed by atoms with Gasteiger partial charge in [-0.1, -0.05) is 0 Å². The number of aryl methyl sites for hydroxylation is 2. The molecule has 3 rings (SSSR count). The molecule has 1 aliphatic rings. The SMILES string of the molecule is Cc1cc2coc(C3CCNCC3)c2cc1C. The summed E-state index contributed by atoms with van der Waals surface area (Å²) in [5, 5.41) is 5.97. The Kier molecular flexibility index (Phi) is 2.67. The maximum atomic E-state index is 5.84. The Morgan fingerprint density at radius 3 is 2.59 bits per heavy atom. The van der Waals surface area contributed by atoms with Crippen molar-refractivity contribution >= 4 is 10.8 Å². The fourth-order valence-corrected chi connectivity index (χ4v) is 2.74. The van der Waals surface area contributed by atoms with E-state index in [1.165, 1.54) is 40.5 Å². The van der Waals surface area contributed by atoms with Crippen LogP contribution >= 0.6 is 0 Å². The summed E-state index contributed by atoms with van der Waals surface area (Å²) in [5.74, 6) is 1.79. The summed E-state index contributed by atoms with van der Waals surface area (Å²) in [4.78, 5) is 0. The maximum Gasteiger partial charge on any atom is 0.114 e. The van der Waals surface area contributed by atoms with Gasteiger partial charge in [-0.3, -0.25) is 0 Å². The van der Waals surface area contributed by atoms with Crippen molar-refractivity contribution in [2.45, 2.75) is 32.6 Å². The lowest BCUT2D eigenvalue weighted by Gasteiger charge is -2.21. The zero-order valence-corrected chi connectivity index (χ0v) is 10.5. The van der Waals surface area contributed by atoms with Crippen molar-refractivity contribution in [1.82, 2.24) is 5.32 Å². The number of benzene rings is 1. The van der Waals surface area contributed by atoms with Crippen LogP contribution in [-0.4, -0.2) is 13.1 Å². The minimum atomic E-state index is 0.593. The molecule has 0 bridgehead atoms. The van der Waals surface area contributed by atoms with Gasteiger partial charge in [-0.25, -0.2) is 0 Å². The van der Waals surface area contributed by atoms with Gasteiger partial charge < -0.3 is 9.73 Å². The topological polar surface area (TPSA) is 25.2 Å². The zero-order chi connectivity index (χ0) is 11.8. The van der Waals surface area contributed by atoms with Crippen molar-refractivity contribution < 1.29 is 4.42 Å². The minimum Gasteiger partial charge on any atom is -0.468 e. The molecule has 0 unspecified atom stereocenters. The Hall–Kier alpha value is -1.28. The molecule has 1 fully saturated rings. The van der Waals surface area contributed by atoms with Gasteiger partial charge in [0.05, 0.1) is 6.26 Å². The summed E-state index contributed by atoms with van der Waals surface area (Å²) >= 11 is 0. The number of hydrogen-bond acceptors (Lipinski definition) is 2. The van der Waals surface area contributed by atoms with Gasteiger partial charge in [0.1, 0.15) is 5.76 Å². The first kappa shape index (κ1) is 10.8. The summed E-state index contributed by atoms with van der Waals surface area (Å²) in [6.07, 6.45) is 4.30. The van der Waals surface area contributed by atoms with Crippen LogP contribution in [0.5, 0.6) is 0 Å². The molecule has 1 N–H and O–H groups in total. The highest BCUT2D eigenvalue weighted by Gasteiger charge is 2.20. The van der Waals surface area contributed by atoms with Crippen LogP contribution in [0.1, 0.15) is 35.6 Å². The molecule has 17 heavy (non-hydrogen) atoms. The highest BCUT2D eigenvalue weighted by molar-refractivity contribution is 5.86. The lowest BCUT2D eigenvalue weighted by atomic mass is 9.92. The molecule has 0 aliphatic carbocycles. The first-order chi connectivity index (χ1) is 8.25. The number of furan rings is 1. The lowest BCUT2D eigenvalue weighted by molar-refractivity contribution is 0.389. The van der Waals surface area contributed by atoms with Crippen molar-refractivity contribution in [3.05, 3.63) is 35.3 Å². The molecule has 0 saturated carbocycles. The van der Waals surface area contributed by atoms with Gasteiger partial charge >= 0.3 is 0 Å². The molecule has 2 aromatic rings. The monoisotopic (exact) mass is 229 g/mol. The Morgan fingerprint density at radius 2 is 1.82 bits per heavy atom. The average Bonchev–Trinajstić information content (AvgIpc) is 2.74. The molecule has 1 saturated heterocycles. The largest absolute Gasteiger partial charge is 0.468 e. The molecule has 1 aromatic carbocycles. The van der Waals surface area contributed by atoms with Gasteiger partial charge in [-0.2, -0.15) is 0 Å². The van der Waals surface area contributed by atoms with E-state index in [0.717, 1.165) is 13.1 Å². The predicted molar refractivity (Wildman–Crippen MR) is 70.5 cm³/mol.